The Kier molecular flexibility index (Phi) is 6.80. The number of hydrogen-bond donors (Lipinski definition) is 1. The fourth-order valence-corrected chi connectivity index (χ4v) is 2.67. The molecule has 1 aliphatic rings. The lowest BCUT2D eigenvalue weighted by molar-refractivity contribution is -0.179. The van der Waals surface area contributed by atoms with Gasteiger partial charge in [0.25, 0.3) is 0 Å². The molecule has 1 saturated heterocycles. The summed E-state index contributed by atoms with van der Waals surface area (Å²) in [7, 11) is 0. The van der Waals surface area contributed by atoms with Crippen molar-refractivity contribution in [3.8, 4) is 0 Å². The predicted molar refractivity (Wildman–Crippen MR) is 76.7 cm³/mol. The normalized spacial score (nSPS) is 29.1. The zero-order chi connectivity index (χ0) is 12.7. The first-order valence-electron chi connectivity index (χ1n) is 6.49. The van der Waals surface area contributed by atoms with Gasteiger partial charge in [0, 0.05) is 12.8 Å². The van der Waals surface area contributed by atoms with E-state index in [0.717, 1.165) is 19.3 Å². The summed E-state index contributed by atoms with van der Waals surface area (Å²) in [5.41, 5.74) is 0. The van der Waals surface area contributed by atoms with E-state index >= 15 is 0 Å². The Labute approximate surface area is 118 Å². The van der Waals surface area contributed by atoms with Crippen LogP contribution < -0.4 is 0 Å². The van der Waals surface area contributed by atoms with Gasteiger partial charge in [0.1, 0.15) is 34.9 Å². The zero-order valence-electron chi connectivity index (χ0n) is 10.6. The Bertz CT molecular complexity index is 245. The number of ether oxygens (including phenoxy) is 1. The van der Waals surface area contributed by atoms with Crippen molar-refractivity contribution in [3.63, 3.8) is 0 Å². The molecule has 1 fully saturated rings. The molecule has 100 valence electrons. The molecule has 2 unspecified atom stereocenters. The van der Waals surface area contributed by atoms with E-state index in [-0.39, 0.29) is 0 Å². The summed E-state index contributed by atoms with van der Waals surface area (Å²) in [6.45, 7) is 5.95. The summed E-state index contributed by atoms with van der Waals surface area (Å²) in [6.07, 6.45) is 7.91. The molecule has 1 heterocycles. The standard InChI is InChI=1S/C13H23IO3/c1-3-4-5-6-7-9-13(17-14)10-8-12(15)11(2)16-13/h12,15H,2-10H2,1H3. The number of unbranched alkanes of at least 4 members (excludes halogenated alkanes) is 4. The molecule has 0 radical (unpaired) electrons. The van der Waals surface area contributed by atoms with Gasteiger partial charge < -0.3 is 9.84 Å². The summed E-state index contributed by atoms with van der Waals surface area (Å²) in [5, 5.41) is 9.56. The number of hydrogen-bond acceptors (Lipinski definition) is 3. The summed E-state index contributed by atoms with van der Waals surface area (Å²) >= 11 is 1.90. The van der Waals surface area contributed by atoms with Crippen LogP contribution in [0.3, 0.4) is 0 Å². The van der Waals surface area contributed by atoms with Crippen LogP contribution >= 0.6 is 23.0 Å². The molecule has 17 heavy (non-hydrogen) atoms. The third-order valence-electron chi connectivity index (χ3n) is 3.29. The van der Waals surface area contributed by atoms with Crippen LogP contribution in [-0.2, 0) is 7.80 Å². The molecule has 1 N–H and O–H groups in total. The van der Waals surface area contributed by atoms with E-state index in [1.54, 1.807) is 0 Å². The Hall–Kier alpha value is 0.190. The second kappa shape index (κ2) is 7.59. The van der Waals surface area contributed by atoms with Crippen LogP contribution in [0.2, 0.25) is 0 Å². The highest BCUT2D eigenvalue weighted by Crippen LogP contribution is 2.37. The van der Waals surface area contributed by atoms with E-state index in [9.17, 15) is 5.11 Å². The third kappa shape index (κ3) is 4.75. The van der Waals surface area contributed by atoms with Gasteiger partial charge >= 0.3 is 0 Å². The molecular weight excluding hydrogens is 331 g/mol. The molecule has 2 atom stereocenters. The molecule has 0 aromatic rings. The molecule has 1 rings (SSSR count). The second-order valence-corrected chi connectivity index (χ2v) is 5.22. The van der Waals surface area contributed by atoms with Gasteiger partial charge in [-0.15, -0.1) is 0 Å². The number of aliphatic hydroxyl groups is 1. The number of aliphatic hydroxyl groups excluding tert-OH is 1. The fourth-order valence-electron chi connectivity index (χ4n) is 2.14. The van der Waals surface area contributed by atoms with Crippen molar-refractivity contribution in [2.75, 3.05) is 0 Å². The zero-order valence-corrected chi connectivity index (χ0v) is 12.7. The molecule has 0 spiro atoms. The predicted octanol–water partition coefficient (Wildman–Crippen LogP) is 4.09. The smallest absolute Gasteiger partial charge is 0.220 e. The molecule has 3 nitrogen and oxygen atoms in total. The SMILES string of the molecule is C=C1OC(CCCCCCC)(OI)CCC1O. The van der Waals surface area contributed by atoms with E-state index in [2.05, 4.69) is 13.5 Å². The number of halogens is 1. The minimum atomic E-state index is -0.552. The van der Waals surface area contributed by atoms with Crippen molar-refractivity contribution < 1.29 is 12.9 Å². The Morgan fingerprint density at radius 1 is 1.47 bits per heavy atom. The van der Waals surface area contributed by atoms with Gasteiger partial charge in [-0.05, 0) is 12.8 Å². The van der Waals surface area contributed by atoms with Crippen LogP contribution in [0, 0.1) is 0 Å². The van der Waals surface area contributed by atoms with Gasteiger partial charge in [-0.25, -0.2) is 0 Å². The fraction of sp³-hybridized carbons (Fsp3) is 0.846. The van der Waals surface area contributed by atoms with E-state index in [1.807, 2.05) is 23.0 Å². The van der Waals surface area contributed by atoms with Crippen molar-refractivity contribution in [1.82, 2.24) is 0 Å². The Morgan fingerprint density at radius 3 is 2.76 bits per heavy atom. The van der Waals surface area contributed by atoms with Gasteiger partial charge in [0.05, 0.1) is 0 Å². The van der Waals surface area contributed by atoms with E-state index in [1.165, 1.54) is 25.7 Å². The molecule has 0 amide bonds. The lowest BCUT2D eigenvalue weighted by Crippen LogP contribution is -2.40. The average molecular weight is 354 g/mol. The van der Waals surface area contributed by atoms with Crippen LogP contribution in [0.5, 0.6) is 0 Å². The molecule has 0 aromatic carbocycles. The van der Waals surface area contributed by atoms with Gasteiger partial charge in [-0.1, -0.05) is 39.2 Å². The van der Waals surface area contributed by atoms with E-state index in [4.69, 9.17) is 7.80 Å². The van der Waals surface area contributed by atoms with Crippen LogP contribution in [-0.4, -0.2) is 17.0 Å². The molecule has 0 aliphatic carbocycles. The van der Waals surface area contributed by atoms with Crippen LogP contribution in [0.15, 0.2) is 12.3 Å². The van der Waals surface area contributed by atoms with Crippen molar-refractivity contribution in [2.24, 2.45) is 0 Å². The quantitative estimate of drug-likeness (QED) is 0.553. The minimum Gasteiger partial charge on any atom is -0.464 e. The average Bonchev–Trinajstić information content (AvgIpc) is 2.34. The van der Waals surface area contributed by atoms with Crippen molar-refractivity contribution in [3.05, 3.63) is 12.3 Å². The van der Waals surface area contributed by atoms with E-state index < -0.39 is 11.9 Å². The minimum absolute atomic E-state index is 0.446. The topological polar surface area (TPSA) is 38.7 Å². The van der Waals surface area contributed by atoms with Crippen molar-refractivity contribution in [2.45, 2.75) is 70.2 Å². The van der Waals surface area contributed by atoms with Gasteiger partial charge in [-0.2, -0.15) is 0 Å². The van der Waals surface area contributed by atoms with Crippen LogP contribution in [0.25, 0.3) is 0 Å². The largest absolute Gasteiger partial charge is 0.464 e. The molecule has 0 saturated carbocycles. The first-order chi connectivity index (χ1) is 8.13. The first kappa shape index (κ1) is 15.2. The molecule has 0 aromatic heterocycles. The molecule has 1 aliphatic heterocycles. The summed E-state index contributed by atoms with van der Waals surface area (Å²) < 4.78 is 11.1. The van der Waals surface area contributed by atoms with E-state index in [0.29, 0.717) is 12.2 Å². The van der Waals surface area contributed by atoms with Gasteiger partial charge in [0.15, 0.2) is 0 Å². The van der Waals surface area contributed by atoms with Gasteiger partial charge in [-0.3, -0.25) is 3.07 Å². The highest BCUT2D eigenvalue weighted by atomic mass is 127. The first-order valence-corrected chi connectivity index (χ1v) is 7.37. The Morgan fingerprint density at radius 2 is 2.18 bits per heavy atom. The monoisotopic (exact) mass is 354 g/mol. The third-order valence-corrected chi connectivity index (χ3v) is 4.09. The summed E-state index contributed by atoms with van der Waals surface area (Å²) in [4.78, 5) is 0. The Balaban J connectivity index is 2.33. The lowest BCUT2D eigenvalue weighted by Gasteiger charge is -2.38. The lowest BCUT2D eigenvalue weighted by atomic mass is 9.96. The van der Waals surface area contributed by atoms with Crippen LogP contribution in [0.4, 0.5) is 0 Å². The highest BCUT2D eigenvalue weighted by molar-refractivity contribution is 14.1. The maximum Gasteiger partial charge on any atom is 0.220 e. The second-order valence-electron chi connectivity index (χ2n) is 4.77. The van der Waals surface area contributed by atoms with Crippen molar-refractivity contribution in [1.29, 1.82) is 0 Å². The maximum absolute atomic E-state index is 9.56. The molecule has 4 heteroatoms. The maximum atomic E-state index is 9.56. The van der Waals surface area contributed by atoms with Crippen molar-refractivity contribution >= 4 is 23.0 Å². The summed E-state index contributed by atoms with van der Waals surface area (Å²) in [5.74, 6) is -0.107. The van der Waals surface area contributed by atoms with Crippen LogP contribution in [0.1, 0.15) is 58.3 Å². The molecule has 0 bridgehead atoms. The number of rotatable bonds is 7. The molecular formula is C13H23IO3. The summed E-state index contributed by atoms with van der Waals surface area (Å²) in [6, 6.07) is 0. The highest BCUT2D eigenvalue weighted by Gasteiger charge is 2.39. The van der Waals surface area contributed by atoms with Gasteiger partial charge in [0.2, 0.25) is 5.79 Å².